The Balaban J connectivity index is 1.62. The van der Waals surface area contributed by atoms with Gasteiger partial charge < -0.3 is 9.88 Å². The Labute approximate surface area is 183 Å². The average molecular weight is 433 g/mol. The molecule has 1 N–H and O–H groups in total. The minimum atomic E-state index is -0.258. The number of hydrogen-bond acceptors (Lipinski definition) is 4. The number of fused-ring (bicyclic) bond motifs is 1. The van der Waals surface area contributed by atoms with Gasteiger partial charge in [0.15, 0.2) is 5.82 Å². The van der Waals surface area contributed by atoms with Crippen molar-refractivity contribution in [1.29, 1.82) is 0 Å². The molecule has 1 aliphatic heterocycles. The van der Waals surface area contributed by atoms with Gasteiger partial charge in [0, 0.05) is 29.5 Å². The van der Waals surface area contributed by atoms with E-state index in [1.165, 1.54) is 12.1 Å². The van der Waals surface area contributed by atoms with E-state index in [1.54, 1.807) is 37.0 Å². The highest BCUT2D eigenvalue weighted by Gasteiger charge is 2.30. The molecule has 0 aliphatic carbocycles. The summed E-state index contributed by atoms with van der Waals surface area (Å²) in [5.74, 6) is 0.533. The van der Waals surface area contributed by atoms with Gasteiger partial charge in [0.25, 0.3) is 0 Å². The van der Waals surface area contributed by atoms with Gasteiger partial charge in [0.05, 0.1) is 17.1 Å². The van der Waals surface area contributed by atoms with Crippen LogP contribution in [-0.2, 0) is 4.79 Å². The van der Waals surface area contributed by atoms with Crippen molar-refractivity contribution in [2.24, 2.45) is 0 Å². The molecule has 0 bridgehead atoms. The van der Waals surface area contributed by atoms with Crippen LogP contribution in [0.15, 0.2) is 70.6 Å². The monoisotopic (exact) mass is 432 g/mol. The Bertz CT molecular complexity index is 1240. The van der Waals surface area contributed by atoms with Crippen LogP contribution in [0.5, 0.6) is 0 Å². The number of amides is 1. The normalized spacial score (nSPS) is 16.2. The third-order valence-corrected chi connectivity index (χ3v) is 6.66. The van der Waals surface area contributed by atoms with Crippen molar-refractivity contribution in [3.05, 3.63) is 72.2 Å². The van der Waals surface area contributed by atoms with Gasteiger partial charge in [-0.15, -0.1) is 0 Å². The Kier molecular flexibility index (Phi) is 5.19. The molecule has 1 fully saturated rings. The number of rotatable bonds is 4. The van der Waals surface area contributed by atoms with E-state index in [0.717, 1.165) is 51.5 Å². The molecular weight excluding hydrogens is 411 g/mol. The summed E-state index contributed by atoms with van der Waals surface area (Å²) in [5, 5.41) is 0. The molecule has 1 saturated heterocycles. The number of aromatic amines is 1. The molecule has 1 amide bonds. The number of nitrogens with zero attached hydrogens (tertiary/aromatic N) is 3. The van der Waals surface area contributed by atoms with Gasteiger partial charge in [-0.2, -0.15) is 0 Å². The number of pyridine rings is 1. The van der Waals surface area contributed by atoms with Crippen LogP contribution in [0.1, 0.15) is 31.4 Å². The van der Waals surface area contributed by atoms with Crippen LogP contribution < -0.4 is 0 Å². The molecule has 2 aromatic heterocycles. The van der Waals surface area contributed by atoms with E-state index in [-0.39, 0.29) is 17.8 Å². The van der Waals surface area contributed by atoms with Crippen molar-refractivity contribution in [3.63, 3.8) is 0 Å². The first-order chi connectivity index (χ1) is 15.1. The largest absolute Gasteiger partial charge is 0.337 e. The predicted molar refractivity (Wildman–Crippen MR) is 119 cm³/mol. The fraction of sp³-hybridized carbons (Fsp3) is 0.208. The molecular formula is C24H21FN4OS. The summed E-state index contributed by atoms with van der Waals surface area (Å²) in [6.07, 6.45) is 3.64. The van der Waals surface area contributed by atoms with Crippen molar-refractivity contribution < 1.29 is 9.18 Å². The second-order valence-electron chi connectivity index (χ2n) is 7.63. The zero-order valence-corrected chi connectivity index (χ0v) is 17.8. The third kappa shape index (κ3) is 3.93. The Morgan fingerprint density at radius 2 is 2.03 bits per heavy atom. The summed E-state index contributed by atoms with van der Waals surface area (Å²) < 4.78 is 13.4. The Morgan fingerprint density at radius 3 is 2.77 bits per heavy atom. The molecule has 5 nitrogen and oxygen atoms in total. The van der Waals surface area contributed by atoms with E-state index in [1.807, 2.05) is 23.1 Å². The second-order valence-corrected chi connectivity index (χ2v) is 8.75. The smallest absolute Gasteiger partial charge is 0.219 e. The lowest BCUT2D eigenvalue weighted by atomic mass is 10.0. The fourth-order valence-corrected chi connectivity index (χ4v) is 5.13. The van der Waals surface area contributed by atoms with E-state index < -0.39 is 0 Å². The first-order valence-corrected chi connectivity index (χ1v) is 11.1. The van der Waals surface area contributed by atoms with Gasteiger partial charge in [-0.25, -0.2) is 9.37 Å². The molecule has 156 valence electrons. The van der Waals surface area contributed by atoms with Crippen molar-refractivity contribution in [2.75, 3.05) is 6.54 Å². The van der Waals surface area contributed by atoms with Crippen LogP contribution in [0.3, 0.4) is 0 Å². The standard InChI is InChI=1S/C24H21FN4OS/c1-15(30)29-12-4-6-22(29)18-13-20-21(28-24(27-20)19-5-2-3-11-26-19)14-23(18)31-17-9-7-16(25)8-10-17/h2-3,5,7-11,13-14,22H,4,6,12H2,1H3,(H,27,28). The number of likely N-dealkylation sites (tertiary alicyclic amines) is 1. The number of hydrogen-bond donors (Lipinski definition) is 1. The van der Waals surface area contributed by atoms with E-state index in [9.17, 15) is 9.18 Å². The van der Waals surface area contributed by atoms with Crippen LogP contribution in [0.2, 0.25) is 0 Å². The number of imidazole rings is 1. The molecule has 7 heteroatoms. The highest BCUT2D eigenvalue weighted by Crippen LogP contribution is 2.41. The summed E-state index contributed by atoms with van der Waals surface area (Å²) >= 11 is 1.57. The quantitative estimate of drug-likeness (QED) is 0.456. The number of nitrogens with one attached hydrogen (secondary N) is 1. The van der Waals surface area contributed by atoms with E-state index in [4.69, 9.17) is 4.98 Å². The van der Waals surface area contributed by atoms with Crippen molar-refractivity contribution in [2.45, 2.75) is 35.6 Å². The van der Waals surface area contributed by atoms with Gasteiger partial charge in [0.2, 0.25) is 5.91 Å². The summed E-state index contributed by atoms with van der Waals surface area (Å²) in [6, 6.07) is 16.4. The lowest BCUT2D eigenvalue weighted by molar-refractivity contribution is -0.129. The highest BCUT2D eigenvalue weighted by molar-refractivity contribution is 7.99. The van der Waals surface area contributed by atoms with E-state index >= 15 is 0 Å². The van der Waals surface area contributed by atoms with Crippen LogP contribution in [0.4, 0.5) is 4.39 Å². The molecule has 1 atom stereocenters. The second kappa shape index (κ2) is 8.15. The Hall–Kier alpha value is -3.19. The van der Waals surface area contributed by atoms with Crippen LogP contribution >= 0.6 is 11.8 Å². The summed E-state index contributed by atoms with van der Waals surface area (Å²) in [5.41, 5.74) is 3.61. The lowest BCUT2D eigenvalue weighted by Crippen LogP contribution is -2.28. The van der Waals surface area contributed by atoms with Crippen molar-refractivity contribution in [3.8, 4) is 11.5 Å². The maximum Gasteiger partial charge on any atom is 0.219 e. The van der Waals surface area contributed by atoms with Gasteiger partial charge in [-0.3, -0.25) is 9.78 Å². The maximum absolute atomic E-state index is 13.4. The summed E-state index contributed by atoms with van der Waals surface area (Å²) in [7, 11) is 0. The zero-order valence-electron chi connectivity index (χ0n) is 17.0. The maximum atomic E-state index is 13.4. The van der Waals surface area contributed by atoms with Gasteiger partial charge in [0.1, 0.15) is 11.5 Å². The number of aromatic nitrogens is 3. The molecule has 0 spiro atoms. The molecule has 0 saturated carbocycles. The number of carbonyl (C=O) groups is 1. The number of H-pyrrole nitrogens is 1. The number of benzene rings is 2. The molecule has 4 aromatic rings. The van der Waals surface area contributed by atoms with Crippen molar-refractivity contribution in [1.82, 2.24) is 19.9 Å². The minimum Gasteiger partial charge on any atom is -0.337 e. The van der Waals surface area contributed by atoms with Gasteiger partial charge in [-0.05, 0) is 66.9 Å². The topological polar surface area (TPSA) is 61.9 Å². The first-order valence-electron chi connectivity index (χ1n) is 10.2. The SMILES string of the molecule is CC(=O)N1CCCC1c1cc2[nH]c(-c3ccccn3)nc2cc1Sc1ccc(F)cc1. The van der Waals surface area contributed by atoms with Crippen LogP contribution in [0, 0.1) is 5.82 Å². The van der Waals surface area contributed by atoms with E-state index in [2.05, 4.69) is 22.1 Å². The molecule has 0 radical (unpaired) electrons. The molecule has 3 heterocycles. The molecule has 1 aliphatic rings. The lowest BCUT2D eigenvalue weighted by Gasteiger charge is -2.25. The third-order valence-electron chi connectivity index (χ3n) is 5.58. The first kappa shape index (κ1) is 19.8. The summed E-state index contributed by atoms with van der Waals surface area (Å²) in [6.45, 7) is 2.39. The Morgan fingerprint density at radius 1 is 1.19 bits per heavy atom. The predicted octanol–water partition coefficient (Wildman–Crippen LogP) is 5.60. The van der Waals surface area contributed by atoms with Gasteiger partial charge in [-0.1, -0.05) is 17.8 Å². The number of carbonyl (C=O) groups excluding carboxylic acids is 1. The minimum absolute atomic E-state index is 0.0199. The molecule has 31 heavy (non-hydrogen) atoms. The number of halogens is 1. The fourth-order valence-electron chi connectivity index (χ4n) is 4.12. The van der Waals surface area contributed by atoms with E-state index in [0.29, 0.717) is 5.82 Å². The average Bonchev–Trinajstić information content (AvgIpc) is 3.42. The van der Waals surface area contributed by atoms with Crippen LogP contribution in [-0.4, -0.2) is 32.3 Å². The molecule has 5 rings (SSSR count). The zero-order chi connectivity index (χ0) is 21.4. The van der Waals surface area contributed by atoms with Crippen LogP contribution in [0.25, 0.3) is 22.6 Å². The highest BCUT2D eigenvalue weighted by atomic mass is 32.2. The van der Waals surface area contributed by atoms with Gasteiger partial charge >= 0.3 is 0 Å². The molecule has 1 unspecified atom stereocenters. The molecule has 2 aromatic carbocycles. The summed E-state index contributed by atoms with van der Waals surface area (Å²) in [4.78, 5) is 28.7. The van der Waals surface area contributed by atoms with Crippen molar-refractivity contribution >= 4 is 28.7 Å².